The quantitative estimate of drug-likeness (QED) is 0.803. The molecule has 1 heterocycles. The van der Waals surface area contributed by atoms with Crippen molar-refractivity contribution in [3.63, 3.8) is 0 Å². The Kier molecular flexibility index (Phi) is 6.05. The largest absolute Gasteiger partial charge is 0.483 e. The van der Waals surface area contributed by atoms with Crippen molar-refractivity contribution in [3.8, 4) is 5.75 Å². The fourth-order valence-corrected chi connectivity index (χ4v) is 4.87. The predicted octanol–water partition coefficient (Wildman–Crippen LogP) is 3.41. The topological polar surface area (TPSA) is 75.7 Å². The number of anilines is 1. The van der Waals surface area contributed by atoms with Crippen LogP contribution in [0.5, 0.6) is 5.75 Å². The van der Waals surface area contributed by atoms with Crippen LogP contribution in [0.25, 0.3) is 0 Å². The third-order valence-corrected chi connectivity index (χ3v) is 6.84. The summed E-state index contributed by atoms with van der Waals surface area (Å²) in [5, 5.41) is 2.72. The van der Waals surface area contributed by atoms with Crippen LogP contribution in [0, 0.1) is 20.8 Å². The number of rotatable bonds is 6. The standard InChI is InChI=1S/C21H26N2O4S/c1-15-11-16(2)17(3)20(12-15)27-14-21(24)22-18-7-6-8-19(13-18)28(25,26)23-9-4-5-10-23/h6-8,11-13H,4-5,9-10,14H2,1-3H3,(H,22,24). The van der Waals surface area contributed by atoms with Gasteiger partial charge >= 0.3 is 0 Å². The molecule has 1 saturated heterocycles. The van der Waals surface area contributed by atoms with E-state index in [0.29, 0.717) is 24.5 Å². The maximum atomic E-state index is 12.7. The maximum Gasteiger partial charge on any atom is 0.262 e. The zero-order valence-electron chi connectivity index (χ0n) is 16.5. The van der Waals surface area contributed by atoms with Gasteiger partial charge in [-0.3, -0.25) is 4.79 Å². The number of aryl methyl sites for hydroxylation is 2. The van der Waals surface area contributed by atoms with Crippen molar-refractivity contribution in [2.24, 2.45) is 0 Å². The minimum absolute atomic E-state index is 0.146. The highest BCUT2D eigenvalue weighted by atomic mass is 32.2. The summed E-state index contributed by atoms with van der Waals surface area (Å²) in [6.45, 7) is 6.87. The SMILES string of the molecule is Cc1cc(C)c(C)c(OCC(=O)Nc2cccc(S(=O)(=O)N3CCCC3)c2)c1. The lowest BCUT2D eigenvalue weighted by atomic mass is 10.1. The summed E-state index contributed by atoms with van der Waals surface area (Å²) in [5.41, 5.74) is 3.61. The van der Waals surface area contributed by atoms with Gasteiger partial charge in [0.2, 0.25) is 10.0 Å². The van der Waals surface area contributed by atoms with E-state index in [-0.39, 0.29) is 17.4 Å². The van der Waals surface area contributed by atoms with E-state index in [0.717, 1.165) is 29.5 Å². The Morgan fingerprint density at radius 2 is 1.82 bits per heavy atom. The van der Waals surface area contributed by atoms with Crippen LogP contribution in [0.3, 0.4) is 0 Å². The summed E-state index contributed by atoms with van der Waals surface area (Å²) in [4.78, 5) is 12.5. The number of ether oxygens (including phenoxy) is 1. The summed E-state index contributed by atoms with van der Waals surface area (Å²) in [7, 11) is -3.52. The van der Waals surface area contributed by atoms with Crippen LogP contribution in [-0.2, 0) is 14.8 Å². The lowest BCUT2D eigenvalue weighted by molar-refractivity contribution is -0.118. The molecule has 0 saturated carbocycles. The molecular weight excluding hydrogens is 376 g/mol. The van der Waals surface area contributed by atoms with Gasteiger partial charge in [0.15, 0.2) is 6.61 Å². The number of sulfonamides is 1. The van der Waals surface area contributed by atoms with E-state index in [1.807, 2.05) is 26.8 Å². The first-order chi connectivity index (χ1) is 13.3. The number of benzene rings is 2. The van der Waals surface area contributed by atoms with Gasteiger partial charge in [0, 0.05) is 18.8 Å². The molecule has 0 bridgehead atoms. The minimum atomic E-state index is -3.52. The van der Waals surface area contributed by atoms with Crippen molar-refractivity contribution in [2.75, 3.05) is 25.0 Å². The van der Waals surface area contributed by atoms with Gasteiger partial charge < -0.3 is 10.1 Å². The molecule has 7 heteroatoms. The highest BCUT2D eigenvalue weighted by molar-refractivity contribution is 7.89. The molecule has 0 aliphatic carbocycles. The van der Waals surface area contributed by atoms with Gasteiger partial charge in [-0.1, -0.05) is 12.1 Å². The number of hydrogen-bond donors (Lipinski definition) is 1. The highest BCUT2D eigenvalue weighted by Gasteiger charge is 2.27. The smallest absolute Gasteiger partial charge is 0.262 e. The zero-order valence-corrected chi connectivity index (χ0v) is 17.3. The first-order valence-corrected chi connectivity index (χ1v) is 10.8. The van der Waals surface area contributed by atoms with Crippen LogP contribution >= 0.6 is 0 Å². The highest BCUT2D eigenvalue weighted by Crippen LogP contribution is 2.24. The lowest BCUT2D eigenvalue weighted by Crippen LogP contribution is -2.28. The molecule has 1 fully saturated rings. The van der Waals surface area contributed by atoms with Crippen molar-refractivity contribution in [3.05, 3.63) is 53.1 Å². The number of carbonyl (C=O) groups excluding carboxylic acids is 1. The van der Waals surface area contributed by atoms with E-state index in [4.69, 9.17) is 4.74 Å². The average Bonchev–Trinajstić information content (AvgIpc) is 3.19. The van der Waals surface area contributed by atoms with Gasteiger partial charge in [-0.25, -0.2) is 8.42 Å². The van der Waals surface area contributed by atoms with Gasteiger partial charge in [0.25, 0.3) is 5.91 Å². The summed E-state index contributed by atoms with van der Waals surface area (Å²) in [6, 6.07) is 10.3. The van der Waals surface area contributed by atoms with E-state index in [1.165, 1.54) is 10.4 Å². The van der Waals surface area contributed by atoms with Crippen LogP contribution < -0.4 is 10.1 Å². The molecule has 1 N–H and O–H groups in total. The van der Waals surface area contributed by atoms with Gasteiger partial charge in [0.05, 0.1) is 4.90 Å². The third kappa shape index (κ3) is 4.54. The minimum Gasteiger partial charge on any atom is -0.483 e. The second-order valence-electron chi connectivity index (χ2n) is 7.18. The Morgan fingerprint density at radius 1 is 1.11 bits per heavy atom. The first-order valence-electron chi connectivity index (χ1n) is 9.38. The van der Waals surface area contributed by atoms with E-state index >= 15 is 0 Å². The summed E-state index contributed by atoms with van der Waals surface area (Å²) in [5.74, 6) is 0.340. The van der Waals surface area contributed by atoms with Gasteiger partial charge in [-0.05, 0) is 74.6 Å². The van der Waals surface area contributed by atoms with Crippen molar-refractivity contribution >= 4 is 21.6 Å². The number of carbonyl (C=O) groups is 1. The molecule has 3 rings (SSSR count). The second kappa shape index (κ2) is 8.32. The first kappa shape index (κ1) is 20.4. The molecular formula is C21H26N2O4S. The molecule has 150 valence electrons. The van der Waals surface area contributed by atoms with Crippen LogP contribution in [0.1, 0.15) is 29.5 Å². The Morgan fingerprint density at radius 3 is 2.54 bits per heavy atom. The molecule has 2 aromatic rings. The van der Waals surface area contributed by atoms with E-state index in [9.17, 15) is 13.2 Å². The van der Waals surface area contributed by atoms with Crippen LogP contribution in [0.2, 0.25) is 0 Å². The molecule has 0 radical (unpaired) electrons. The molecule has 6 nitrogen and oxygen atoms in total. The van der Waals surface area contributed by atoms with Gasteiger partial charge in [0.1, 0.15) is 5.75 Å². The second-order valence-corrected chi connectivity index (χ2v) is 9.12. The molecule has 1 aliphatic rings. The molecule has 1 amide bonds. The fraction of sp³-hybridized carbons (Fsp3) is 0.381. The molecule has 1 aliphatic heterocycles. The lowest BCUT2D eigenvalue weighted by Gasteiger charge is -2.16. The molecule has 0 atom stereocenters. The van der Waals surface area contributed by atoms with Crippen LogP contribution in [0.4, 0.5) is 5.69 Å². The third-order valence-electron chi connectivity index (χ3n) is 4.94. The number of nitrogens with zero attached hydrogens (tertiary/aromatic N) is 1. The number of nitrogens with one attached hydrogen (secondary N) is 1. The molecule has 0 spiro atoms. The monoisotopic (exact) mass is 402 g/mol. The summed E-state index contributed by atoms with van der Waals surface area (Å²) < 4.78 is 32.5. The Balaban J connectivity index is 1.66. The Labute approximate surface area is 166 Å². The number of hydrogen-bond acceptors (Lipinski definition) is 4. The Bertz CT molecular complexity index is 980. The van der Waals surface area contributed by atoms with Crippen molar-refractivity contribution in [1.82, 2.24) is 4.31 Å². The van der Waals surface area contributed by atoms with Gasteiger partial charge in [-0.2, -0.15) is 4.31 Å². The molecule has 0 unspecified atom stereocenters. The van der Waals surface area contributed by atoms with E-state index in [1.54, 1.807) is 18.2 Å². The summed E-state index contributed by atoms with van der Waals surface area (Å²) in [6.07, 6.45) is 1.76. The average molecular weight is 403 g/mol. The molecule has 2 aromatic carbocycles. The van der Waals surface area contributed by atoms with Crippen molar-refractivity contribution in [1.29, 1.82) is 0 Å². The van der Waals surface area contributed by atoms with E-state index in [2.05, 4.69) is 11.4 Å². The van der Waals surface area contributed by atoms with Crippen molar-refractivity contribution in [2.45, 2.75) is 38.5 Å². The predicted molar refractivity (Wildman–Crippen MR) is 109 cm³/mol. The van der Waals surface area contributed by atoms with Crippen LogP contribution in [0.15, 0.2) is 41.3 Å². The Hall–Kier alpha value is -2.38. The molecule has 0 aromatic heterocycles. The fourth-order valence-electron chi connectivity index (χ4n) is 3.30. The maximum absolute atomic E-state index is 12.7. The summed E-state index contributed by atoms with van der Waals surface area (Å²) >= 11 is 0. The number of amides is 1. The normalized spacial score (nSPS) is 14.8. The van der Waals surface area contributed by atoms with Crippen molar-refractivity contribution < 1.29 is 17.9 Å². The van der Waals surface area contributed by atoms with Crippen LogP contribution in [-0.4, -0.2) is 38.3 Å². The molecule has 28 heavy (non-hydrogen) atoms. The zero-order chi connectivity index (χ0) is 20.3. The van der Waals surface area contributed by atoms with Gasteiger partial charge in [-0.15, -0.1) is 0 Å². The van der Waals surface area contributed by atoms with E-state index < -0.39 is 10.0 Å².